The van der Waals surface area contributed by atoms with E-state index in [4.69, 9.17) is 16.0 Å². The summed E-state index contributed by atoms with van der Waals surface area (Å²) in [7, 11) is 0. The molecule has 10 heteroatoms. The summed E-state index contributed by atoms with van der Waals surface area (Å²) < 4.78 is 5.62. The number of rotatable bonds is 7. The normalized spacial score (nSPS) is 15.9. The zero-order valence-corrected chi connectivity index (χ0v) is 20.0. The second-order valence-corrected chi connectivity index (χ2v) is 9.36. The number of hydrogen-bond donors (Lipinski definition) is 1. The van der Waals surface area contributed by atoms with Gasteiger partial charge >= 0.3 is 0 Å². The molecule has 0 saturated heterocycles. The number of carbonyl (C=O) groups excluding carboxylic acids is 1. The topological polar surface area (TPSA) is 94.8 Å². The molecule has 0 saturated carbocycles. The summed E-state index contributed by atoms with van der Waals surface area (Å²) >= 11 is 7.67. The maximum absolute atomic E-state index is 13.4. The zero-order valence-electron chi connectivity index (χ0n) is 18.4. The van der Waals surface area contributed by atoms with Crippen LogP contribution in [0, 0.1) is 0 Å². The molecule has 174 valence electrons. The number of benzene rings is 1. The highest BCUT2D eigenvalue weighted by Crippen LogP contribution is 2.34. The maximum Gasteiger partial charge on any atom is 0.258 e. The molecular formula is C24H22ClN5O3S. The number of likely N-dealkylation sites (N-methyl/N-ethyl adjacent to an activating group) is 1. The van der Waals surface area contributed by atoms with E-state index in [1.165, 1.54) is 5.01 Å². The highest BCUT2D eigenvalue weighted by Gasteiger charge is 2.35. The fraction of sp³-hybridized carbons (Fsp3) is 0.250. The molecule has 0 unspecified atom stereocenters. The van der Waals surface area contributed by atoms with Crippen LogP contribution in [0.1, 0.15) is 35.8 Å². The van der Waals surface area contributed by atoms with Crippen LogP contribution in [-0.4, -0.2) is 44.6 Å². The van der Waals surface area contributed by atoms with Crippen molar-refractivity contribution in [1.29, 1.82) is 0 Å². The van der Waals surface area contributed by atoms with Crippen LogP contribution in [0.3, 0.4) is 0 Å². The first-order valence-electron chi connectivity index (χ1n) is 10.9. The molecule has 0 radical (unpaired) electrons. The molecule has 1 aromatic carbocycles. The number of carbonyl (C=O) groups is 1. The first-order chi connectivity index (χ1) is 16.5. The third-order valence-electron chi connectivity index (χ3n) is 5.74. The lowest BCUT2D eigenvalue weighted by atomic mass is 10.1. The number of halogens is 1. The van der Waals surface area contributed by atoms with Crippen LogP contribution in [0.4, 0.5) is 0 Å². The highest BCUT2D eigenvalue weighted by atomic mass is 35.5. The smallest absolute Gasteiger partial charge is 0.258 e. The van der Waals surface area contributed by atoms with Gasteiger partial charge in [0.1, 0.15) is 17.6 Å². The number of hydrogen-bond acceptors (Lipinski definition) is 7. The van der Waals surface area contributed by atoms with Gasteiger partial charge in [-0.3, -0.25) is 14.5 Å². The molecular weight excluding hydrogens is 474 g/mol. The van der Waals surface area contributed by atoms with Gasteiger partial charge in [0.25, 0.3) is 11.5 Å². The second kappa shape index (κ2) is 9.54. The van der Waals surface area contributed by atoms with Crippen molar-refractivity contribution in [1.82, 2.24) is 19.9 Å². The van der Waals surface area contributed by atoms with E-state index >= 15 is 0 Å². The average Bonchev–Trinajstić information content (AvgIpc) is 3.59. The number of fused-ring (bicyclic) bond motifs is 1. The van der Waals surface area contributed by atoms with Crippen LogP contribution in [0.5, 0.6) is 0 Å². The second-order valence-electron chi connectivity index (χ2n) is 7.98. The molecule has 1 aliphatic rings. The number of aromatic nitrogens is 2. The predicted octanol–water partition coefficient (Wildman–Crippen LogP) is 4.43. The Balaban J connectivity index is 1.37. The van der Waals surface area contributed by atoms with Crippen LogP contribution in [-0.2, 0) is 11.3 Å². The first kappa shape index (κ1) is 22.5. The first-order valence-corrected chi connectivity index (χ1v) is 12.1. The van der Waals surface area contributed by atoms with E-state index < -0.39 is 0 Å². The molecule has 5 rings (SSSR count). The third-order valence-corrected chi connectivity index (χ3v) is 6.89. The summed E-state index contributed by atoms with van der Waals surface area (Å²) in [6.45, 7) is 2.97. The van der Waals surface area contributed by atoms with Gasteiger partial charge in [-0.05, 0) is 48.3 Å². The Bertz CT molecular complexity index is 1400. The summed E-state index contributed by atoms with van der Waals surface area (Å²) in [5.74, 6) is 1.02. The molecule has 0 bridgehead atoms. The Kier molecular flexibility index (Phi) is 6.32. The monoisotopic (exact) mass is 495 g/mol. The van der Waals surface area contributed by atoms with Crippen LogP contribution in [0.2, 0.25) is 5.02 Å². The van der Waals surface area contributed by atoms with Crippen LogP contribution < -0.4 is 5.56 Å². The third kappa shape index (κ3) is 4.54. The summed E-state index contributed by atoms with van der Waals surface area (Å²) in [4.78, 5) is 36.2. The molecule has 1 N–H and O–H groups in total. The van der Waals surface area contributed by atoms with Crippen molar-refractivity contribution in [2.45, 2.75) is 25.9 Å². The lowest BCUT2D eigenvalue weighted by Gasteiger charge is -2.24. The quantitative estimate of drug-likeness (QED) is 0.409. The molecule has 1 amide bonds. The molecule has 0 aliphatic carbocycles. The predicted molar refractivity (Wildman–Crippen MR) is 132 cm³/mol. The number of nitrogens with zero attached hydrogens (tertiary/aromatic N) is 4. The summed E-state index contributed by atoms with van der Waals surface area (Å²) in [6, 6.07) is 12.3. The largest absolute Gasteiger partial charge is 0.467 e. The standard InChI is InChI=1S/C24H22ClN5O3S/c1-2-29(13-22-26-17-11-15(25)7-8-16(17)24(32)27-22)14-23(31)30-19(20-5-3-9-33-20)12-18(28-30)21-6-4-10-34-21/h3-11,19H,2,12-14H2,1H3,(H,26,27,32)/t19-/m0/s1. The average molecular weight is 496 g/mol. The van der Waals surface area contributed by atoms with E-state index in [-0.39, 0.29) is 24.1 Å². The fourth-order valence-electron chi connectivity index (χ4n) is 4.03. The van der Waals surface area contributed by atoms with E-state index in [9.17, 15) is 9.59 Å². The minimum Gasteiger partial charge on any atom is -0.467 e. The summed E-state index contributed by atoms with van der Waals surface area (Å²) in [5.41, 5.74) is 1.16. The van der Waals surface area contributed by atoms with Gasteiger partial charge in [-0.15, -0.1) is 11.3 Å². The van der Waals surface area contributed by atoms with Crippen LogP contribution in [0.25, 0.3) is 10.9 Å². The summed E-state index contributed by atoms with van der Waals surface area (Å²) in [5, 5.41) is 9.16. The molecule has 8 nitrogen and oxygen atoms in total. The molecule has 1 aliphatic heterocycles. The van der Waals surface area contributed by atoms with Gasteiger partial charge in [-0.2, -0.15) is 5.10 Å². The van der Waals surface area contributed by atoms with E-state index in [1.54, 1.807) is 35.8 Å². The van der Waals surface area contributed by atoms with E-state index in [2.05, 4.69) is 15.1 Å². The van der Waals surface area contributed by atoms with Gasteiger partial charge < -0.3 is 9.40 Å². The number of H-pyrrole nitrogens is 1. The minimum absolute atomic E-state index is 0.117. The Morgan fingerprint density at radius 3 is 2.94 bits per heavy atom. The molecule has 4 aromatic rings. The Morgan fingerprint density at radius 1 is 1.32 bits per heavy atom. The van der Waals surface area contributed by atoms with Crippen LogP contribution in [0.15, 0.2) is 68.4 Å². The maximum atomic E-state index is 13.4. The van der Waals surface area contributed by atoms with Crippen molar-refractivity contribution >= 4 is 45.5 Å². The van der Waals surface area contributed by atoms with Crippen molar-refractivity contribution in [2.24, 2.45) is 5.10 Å². The van der Waals surface area contributed by atoms with E-state index in [1.807, 2.05) is 41.5 Å². The minimum atomic E-state index is -0.293. The molecule has 1 atom stereocenters. The van der Waals surface area contributed by atoms with Gasteiger partial charge in [0.2, 0.25) is 0 Å². The number of hydrazone groups is 1. The molecule has 3 aromatic heterocycles. The number of nitrogens with one attached hydrogen (secondary N) is 1. The lowest BCUT2D eigenvalue weighted by Crippen LogP contribution is -2.38. The molecule has 4 heterocycles. The molecule has 0 spiro atoms. The number of thiophene rings is 1. The zero-order chi connectivity index (χ0) is 23.7. The number of amides is 1. The lowest BCUT2D eigenvalue weighted by molar-refractivity contribution is -0.134. The highest BCUT2D eigenvalue weighted by molar-refractivity contribution is 7.12. The molecule has 0 fully saturated rings. The van der Waals surface area contributed by atoms with Gasteiger partial charge in [0.05, 0.1) is 40.8 Å². The van der Waals surface area contributed by atoms with Gasteiger partial charge in [-0.25, -0.2) is 9.99 Å². The van der Waals surface area contributed by atoms with Gasteiger partial charge in [0, 0.05) is 11.4 Å². The fourth-order valence-corrected chi connectivity index (χ4v) is 4.91. The van der Waals surface area contributed by atoms with Crippen molar-refractivity contribution < 1.29 is 9.21 Å². The van der Waals surface area contributed by atoms with Crippen LogP contribution >= 0.6 is 22.9 Å². The van der Waals surface area contributed by atoms with Crippen molar-refractivity contribution in [3.8, 4) is 0 Å². The number of furan rings is 1. The Morgan fingerprint density at radius 2 is 2.21 bits per heavy atom. The van der Waals surface area contributed by atoms with Crippen molar-refractivity contribution in [3.63, 3.8) is 0 Å². The summed E-state index contributed by atoms with van der Waals surface area (Å²) in [6.07, 6.45) is 2.19. The van der Waals surface area contributed by atoms with E-state index in [0.717, 1.165) is 10.6 Å². The van der Waals surface area contributed by atoms with Gasteiger partial charge in [0.15, 0.2) is 0 Å². The SMILES string of the molecule is CCN(CC(=O)N1N=C(c2cccs2)C[C@H]1c1ccco1)Cc1nc2cc(Cl)ccc2c(=O)[nH]1. The molecule has 34 heavy (non-hydrogen) atoms. The van der Waals surface area contributed by atoms with Crippen molar-refractivity contribution in [2.75, 3.05) is 13.1 Å². The Hall–Kier alpha value is -3.27. The number of aromatic amines is 1. The van der Waals surface area contributed by atoms with E-state index in [0.29, 0.717) is 47.0 Å². The van der Waals surface area contributed by atoms with Gasteiger partial charge in [-0.1, -0.05) is 24.6 Å². The van der Waals surface area contributed by atoms with Crippen molar-refractivity contribution in [3.05, 3.63) is 85.9 Å². The Labute approximate surface area is 204 Å².